The number of carboxylic acid groups (broad SMARTS) is 1. The molecule has 0 aliphatic heterocycles. The van der Waals surface area contributed by atoms with Crippen molar-refractivity contribution >= 4 is 23.5 Å². The normalized spacial score (nSPS) is 10.7. The summed E-state index contributed by atoms with van der Waals surface area (Å²) in [6.45, 7) is 4.44. The topological polar surface area (TPSA) is 81.1 Å². The molecule has 106 valence electrons. The van der Waals surface area contributed by atoms with E-state index < -0.39 is 5.97 Å². The lowest BCUT2D eigenvalue weighted by Gasteiger charge is -2.07. The van der Waals surface area contributed by atoms with E-state index in [0.29, 0.717) is 11.6 Å². The summed E-state index contributed by atoms with van der Waals surface area (Å²) in [5.41, 5.74) is 8.25. The Bertz CT molecular complexity index is 637. The van der Waals surface area contributed by atoms with Gasteiger partial charge in [0.25, 0.3) is 0 Å². The number of thioether (sulfide) groups is 1. The molecular formula is C14H17N3O2S. The predicted octanol–water partition coefficient (Wildman–Crippen LogP) is 2.63. The maximum Gasteiger partial charge on any atom is 0.342 e. The van der Waals surface area contributed by atoms with E-state index in [0.717, 1.165) is 16.9 Å². The molecule has 0 atom stereocenters. The van der Waals surface area contributed by atoms with Gasteiger partial charge in [-0.2, -0.15) is 5.10 Å². The summed E-state index contributed by atoms with van der Waals surface area (Å²) in [7, 11) is 0. The quantitative estimate of drug-likeness (QED) is 0.828. The molecule has 0 amide bonds. The second-order valence-corrected chi connectivity index (χ2v) is 5.64. The van der Waals surface area contributed by atoms with Crippen molar-refractivity contribution in [2.75, 3.05) is 11.5 Å². The standard InChI is InChI=1S/C14H17N3O2S/c1-3-20-13-11(14(18)19)12(15)17(16-13)8-10-7-5-4-6-9(10)2/h4-7H,3,8,15H2,1-2H3,(H,18,19). The van der Waals surface area contributed by atoms with Crippen LogP contribution in [-0.2, 0) is 6.54 Å². The molecule has 6 heteroatoms. The molecule has 2 rings (SSSR count). The van der Waals surface area contributed by atoms with Crippen LogP contribution in [0.5, 0.6) is 0 Å². The number of nitrogen functional groups attached to an aromatic ring is 1. The lowest BCUT2D eigenvalue weighted by atomic mass is 10.1. The third-order valence-corrected chi connectivity index (χ3v) is 3.88. The summed E-state index contributed by atoms with van der Waals surface area (Å²) in [6.07, 6.45) is 0. The minimum Gasteiger partial charge on any atom is -0.477 e. The zero-order chi connectivity index (χ0) is 14.7. The number of nitrogens with zero attached hydrogens (tertiary/aromatic N) is 2. The average Bonchev–Trinajstić information content (AvgIpc) is 2.69. The Morgan fingerprint density at radius 2 is 2.15 bits per heavy atom. The Labute approximate surface area is 121 Å². The number of carbonyl (C=O) groups is 1. The summed E-state index contributed by atoms with van der Waals surface area (Å²) in [5.74, 6) is -0.0765. The van der Waals surface area contributed by atoms with Gasteiger partial charge in [0.05, 0.1) is 6.54 Å². The number of aryl methyl sites for hydroxylation is 1. The van der Waals surface area contributed by atoms with E-state index >= 15 is 0 Å². The number of nitrogens with two attached hydrogens (primary N) is 1. The van der Waals surface area contributed by atoms with Crippen molar-refractivity contribution in [3.8, 4) is 0 Å². The zero-order valence-electron chi connectivity index (χ0n) is 11.5. The van der Waals surface area contributed by atoms with Gasteiger partial charge in [-0.05, 0) is 23.8 Å². The highest BCUT2D eigenvalue weighted by Crippen LogP contribution is 2.27. The molecule has 0 saturated heterocycles. The van der Waals surface area contributed by atoms with Gasteiger partial charge < -0.3 is 10.8 Å². The van der Waals surface area contributed by atoms with Gasteiger partial charge in [0.1, 0.15) is 16.4 Å². The molecule has 1 aromatic carbocycles. The lowest BCUT2D eigenvalue weighted by molar-refractivity contribution is 0.0694. The van der Waals surface area contributed by atoms with Crippen molar-refractivity contribution in [1.82, 2.24) is 9.78 Å². The Morgan fingerprint density at radius 1 is 1.45 bits per heavy atom. The highest BCUT2D eigenvalue weighted by atomic mass is 32.2. The van der Waals surface area contributed by atoms with Gasteiger partial charge in [-0.25, -0.2) is 9.48 Å². The molecule has 0 fully saturated rings. The number of aromatic nitrogens is 2. The summed E-state index contributed by atoms with van der Waals surface area (Å²) in [6, 6.07) is 7.91. The van der Waals surface area contributed by atoms with Gasteiger partial charge in [0.2, 0.25) is 0 Å². The smallest absolute Gasteiger partial charge is 0.342 e. The van der Waals surface area contributed by atoms with E-state index in [1.165, 1.54) is 11.8 Å². The van der Waals surface area contributed by atoms with E-state index in [-0.39, 0.29) is 11.4 Å². The van der Waals surface area contributed by atoms with Crippen molar-refractivity contribution in [2.45, 2.75) is 25.4 Å². The van der Waals surface area contributed by atoms with E-state index in [4.69, 9.17) is 5.73 Å². The number of hydrogen-bond donors (Lipinski definition) is 2. The molecule has 2 aromatic rings. The number of anilines is 1. The zero-order valence-corrected chi connectivity index (χ0v) is 12.3. The Hall–Kier alpha value is -1.95. The Morgan fingerprint density at radius 3 is 2.75 bits per heavy atom. The molecule has 0 aliphatic rings. The fourth-order valence-electron chi connectivity index (χ4n) is 1.96. The molecule has 0 saturated carbocycles. The van der Waals surface area contributed by atoms with Crippen LogP contribution >= 0.6 is 11.8 Å². The first kappa shape index (κ1) is 14.5. The van der Waals surface area contributed by atoms with E-state index in [2.05, 4.69) is 5.10 Å². The van der Waals surface area contributed by atoms with Crippen LogP contribution in [0.3, 0.4) is 0 Å². The molecule has 0 bridgehead atoms. The first-order valence-corrected chi connectivity index (χ1v) is 7.30. The predicted molar refractivity (Wildman–Crippen MR) is 80.3 cm³/mol. The first-order chi connectivity index (χ1) is 9.54. The fraction of sp³-hybridized carbons (Fsp3) is 0.286. The maximum atomic E-state index is 11.3. The summed E-state index contributed by atoms with van der Waals surface area (Å²) < 4.78 is 1.56. The van der Waals surface area contributed by atoms with Gasteiger partial charge in [-0.15, -0.1) is 11.8 Å². The highest BCUT2D eigenvalue weighted by Gasteiger charge is 2.21. The fourth-order valence-corrected chi connectivity index (χ4v) is 2.73. The largest absolute Gasteiger partial charge is 0.477 e. The Kier molecular flexibility index (Phi) is 4.34. The molecule has 3 N–H and O–H groups in total. The third kappa shape index (κ3) is 2.80. The van der Waals surface area contributed by atoms with Gasteiger partial charge in [0.15, 0.2) is 0 Å². The Balaban J connectivity index is 2.40. The minimum absolute atomic E-state index is 0.102. The van der Waals surface area contributed by atoms with Crippen LogP contribution in [0.2, 0.25) is 0 Å². The van der Waals surface area contributed by atoms with Gasteiger partial charge in [0, 0.05) is 0 Å². The van der Waals surface area contributed by atoms with Crippen LogP contribution in [0.4, 0.5) is 5.82 Å². The summed E-state index contributed by atoms with van der Waals surface area (Å²) >= 11 is 1.39. The van der Waals surface area contributed by atoms with Gasteiger partial charge in [-0.3, -0.25) is 0 Å². The molecular weight excluding hydrogens is 274 g/mol. The van der Waals surface area contributed by atoms with Crippen LogP contribution in [-0.4, -0.2) is 26.6 Å². The number of benzene rings is 1. The molecule has 5 nitrogen and oxygen atoms in total. The second kappa shape index (κ2) is 6.00. The van der Waals surface area contributed by atoms with E-state index in [1.807, 2.05) is 38.1 Å². The number of aromatic carboxylic acids is 1. The molecule has 1 aromatic heterocycles. The number of carboxylic acids is 1. The van der Waals surface area contributed by atoms with Crippen molar-refractivity contribution in [2.24, 2.45) is 0 Å². The van der Waals surface area contributed by atoms with E-state index in [1.54, 1.807) is 4.68 Å². The maximum absolute atomic E-state index is 11.3. The van der Waals surface area contributed by atoms with Crippen molar-refractivity contribution in [1.29, 1.82) is 0 Å². The monoisotopic (exact) mass is 291 g/mol. The minimum atomic E-state index is -1.03. The molecule has 20 heavy (non-hydrogen) atoms. The molecule has 0 aliphatic carbocycles. The summed E-state index contributed by atoms with van der Waals surface area (Å²) in [5, 5.41) is 14.1. The highest BCUT2D eigenvalue weighted by molar-refractivity contribution is 7.99. The van der Waals surface area contributed by atoms with Crippen LogP contribution in [0, 0.1) is 6.92 Å². The third-order valence-electron chi connectivity index (χ3n) is 3.04. The number of hydrogen-bond acceptors (Lipinski definition) is 4. The van der Waals surface area contributed by atoms with Crippen molar-refractivity contribution in [3.63, 3.8) is 0 Å². The second-order valence-electron chi connectivity index (χ2n) is 4.39. The van der Waals surface area contributed by atoms with Crippen molar-refractivity contribution in [3.05, 3.63) is 41.0 Å². The molecule has 0 spiro atoms. The molecule has 1 heterocycles. The van der Waals surface area contributed by atoms with Gasteiger partial charge in [-0.1, -0.05) is 31.2 Å². The SMILES string of the molecule is CCSc1nn(Cc2ccccc2C)c(N)c1C(=O)O. The lowest BCUT2D eigenvalue weighted by Crippen LogP contribution is -2.09. The van der Waals surface area contributed by atoms with Crippen molar-refractivity contribution < 1.29 is 9.90 Å². The van der Waals surface area contributed by atoms with Gasteiger partial charge >= 0.3 is 5.97 Å². The van der Waals surface area contributed by atoms with Crippen LogP contribution in [0.1, 0.15) is 28.4 Å². The van der Waals surface area contributed by atoms with Crippen LogP contribution in [0.15, 0.2) is 29.3 Å². The van der Waals surface area contributed by atoms with Crippen LogP contribution in [0.25, 0.3) is 0 Å². The first-order valence-electron chi connectivity index (χ1n) is 6.31. The summed E-state index contributed by atoms with van der Waals surface area (Å²) in [4.78, 5) is 11.3. The molecule has 0 unspecified atom stereocenters. The van der Waals surface area contributed by atoms with Crippen LogP contribution < -0.4 is 5.73 Å². The van der Waals surface area contributed by atoms with E-state index in [9.17, 15) is 9.90 Å². The average molecular weight is 291 g/mol. The number of rotatable bonds is 5. The molecule has 0 radical (unpaired) electrons.